The lowest BCUT2D eigenvalue weighted by Gasteiger charge is -2.08. The summed E-state index contributed by atoms with van der Waals surface area (Å²) in [6, 6.07) is 36.5. The molecule has 0 saturated heterocycles. The summed E-state index contributed by atoms with van der Waals surface area (Å²) in [6.45, 7) is 1.90. The van der Waals surface area contributed by atoms with Gasteiger partial charge >= 0.3 is 0 Å². The van der Waals surface area contributed by atoms with Crippen LogP contribution < -0.4 is 4.83 Å². The molecule has 0 radical (unpaired) electrons. The normalized spacial score (nSPS) is 11.6. The van der Waals surface area contributed by atoms with Gasteiger partial charge in [-0.25, -0.2) is 9.51 Å². The number of hydrogen-bond acceptors (Lipinski definition) is 4. The van der Waals surface area contributed by atoms with Gasteiger partial charge in [0.1, 0.15) is 0 Å². The molecule has 36 heavy (non-hydrogen) atoms. The number of aryl methyl sites for hydroxylation is 1. The van der Waals surface area contributed by atoms with Crippen LogP contribution in [0.1, 0.15) is 11.1 Å². The van der Waals surface area contributed by atoms with Crippen molar-refractivity contribution < 1.29 is 8.42 Å². The fourth-order valence-electron chi connectivity index (χ4n) is 3.78. The summed E-state index contributed by atoms with van der Waals surface area (Å²) >= 11 is 0. The van der Waals surface area contributed by atoms with E-state index in [0.717, 1.165) is 39.3 Å². The third-order valence-electron chi connectivity index (χ3n) is 5.70. The van der Waals surface area contributed by atoms with Gasteiger partial charge in [0.25, 0.3) is 10.0 Å². The maximum atomic E-state index is 12.4. The summed E-state index contributed by atoms with van der Waals surface area (Å²) in [5.41, 5.74) is 6.57. The maximum Gasteiger partial charge on any atom is 0.276 e. The van der Waals surface area contributed by atoms with Crippen LogP contribution >= 0.6 is 0 Å². The Bertz CT molecular complexity index is 1590. The number of aromatic nitrogens is 2. The third kappa shape index (κ3) is 5.11. The molecule has 5 aromatic rings. The van der Waals surface area contributed by atoms with Crippen LogP contribution in [-0.4, -0.2) is 24.4 Å². The van der Waals surface area contributed by atoms with Gasteiger partial charge in [-0.3, -0.25) is 0 Å². The molecule has 0 saturated carbocycles. The van der Waals surface area contributed by atoms with E-state index in [1.807, 2.05) is 84.4 Å². The Hall–Kier alpha value is -4.49. The monoisotopic (exact) mass is 492 g/mol. The van der Waals surface area contributed by atoms with Crippen LogP contribution in [0.4, 0.5) is 0 Å². The Morgan fingerprint density at radius 3 is 2.03 bits per heavy atom. The van der Waals surface area contributed by atoms with Crippen LogP contribution in [0.3, 0.4) is 0 Å². The zero-order valence-corrected chi connectivity index (χ0v) is 20.4. The second-order valence-corrected chi connectivity index (χ2v) is 9.98. The highest BCUT2D eigenvalue weighted by atomic mass is 32.2. The minimum Gasteiger partial charge on any atom is -0.232 e. The first kappa shape index (κ1) is 23.3. The van der Waals surface area contributed by atoms with Gasteiger partial charge in [-0.1, -0.05) is 90.5 Å². The van der Waals surface area contributed by atoms with E-state index in [9.17, 15) is 8.42 Å². The number of hydrogen-bond donors (Lipinski definition) is 1. The lowest BCUT2D eigenvalue weighted by molar-refractivity contribution is 0.584. The molecule has 5 rings (SSSR count). The number of rotatable bonds is 7. The lowest BCUT2D eigenvalue weighted by Crippen LogP contribution is -2.18. The number of hydrazone groups is 1. The Kier molecular flexibility index (Phi) is 6.47. The molecular weight excluding hydrogens is 468 g/mol. The van der Waals surface area contributed by atoms with E-state index in [4.69, 9.17) is 5.10 Å². The highest BCUT2D eigenvalue weighted by Gasteiger charge is 2.14. The van der Waals surface area contributed by atoms with Crippen LogP contribution in [0.2, 0.25) is 0 Å². The molecule has 0 aliphatic heterocycles. The first-order valence-electron chi connectivity index (χ1n) is 11.4. The van der Waals surface area contributed by atoms with E-state index >= 15 is 0 Å². The number of nitrogens with one attached hydrogen (secondary N) is 1. The molecule has 0 fully saturated rings. The van der Waals surface area contributed by atoms with Gasteiger partial charge in [0.05, 0.1) is 28.2 Å². The van der Waals surface area contributed by atoms with Crippen molar-refractivity contribution >= 4 is 16.2 Å². The molecule has 178 valence electrons. The molecule has 6 nitrogen and oxygen atoms in total. The summed E-state index contributed by atoms with van der Waals surface area (Å²) in [4.78, 5) is 2.43. The molecule has 0 amide bonds. The summed E-state index contributed by atoms with van der Waals surface area (Å²) in [5, 5.41) is 8.82. The minimum absolute atomic E-state index is 0.168. The van der Waals surface area contributed by atoms with Crippen molar-refractivity contribution in [3.63, 3.8) is 0 Å². The maximum absolute atomic E-state index is 12.4. The smallest absolute Gasteiger partial charge is 0.232 e. The molecule has 1 heterocycles. The van der Waals surface area contributed by atoms with Gasteiger partial charge in [-0.2, -0.15) is 18.6 Å². The summed E-state index contributed by atoms with van der Waals surface area (Å²) < 4.78 is 26.8. The standard InChI is InChI=1S/C29H24N4O2S/c1-22-12-18-27(19-13-22)36(34,35)32-30-21-23-14-16-26(17-15-23)33-29(25-10-6-3-7-11-25)20-28(31-33)24-8-4-2-5-9-24/h2-21,32H,1H3. The van der Waals surface area contributed by atoms with Crippen molar-refractivity contribution in [2.45, 2.75) is 11.8 Å². The van der Waals surface area contributed by atoms with Crippen molar-refractivity contribution in [1.29, 1.82) is 0 Å². The van der Waals surface area contributed by atoms with Crippen molar-refractivity contribution in [1.82, 2.24) is 14.6 Å². The highest BCUT2D eigenvalue weighted by Crippen LogP contribution is 2.28. The summed E-state index contributed by atoms with van der Waals surface area (Å²) in [7, 11) is -3.72. The van der Waals surface area contributed by atoms with Crippen LogP contribution in [0.15, 0.2) is 125 Å². The Balaban J connectivity index is 1.40. The minimum atomic E-state index is -3.72. The average Bonchev–Trinajstić information content (AvgIpc) is 3.36. The first-order valence-corrected chi connectivity index (χ1v) is 12.9. The van der Waals surface area contributed by atoms with Crippen molar-refractivity contribution in [3.8, 4) is 28.2 Å². The van der Waals surface area contributed by atoms with E-state index in [0.29, 0.717) is 0 Å². The SMILES string of the molecule is Cc1ccc(S(=O)(=O)NN=Cc2ccc(-n3nc(-c4ccccc4)cc3-c3ccccc3)cc2)cc1. The molecule has 0 bridgehead atoms. The Labute approximate surface area is 210 Å². The number of nitrogens with zero attached hydrogens (tertiary/aromatic N) is 3. The van der Waals surface area contributed by atoms with Gasteiger partial charge in [-0.05, 0) is 42.8 Å². The van der Waals surface area contributed by atoms with Gasteiger partial charge < -0.3 is 0 Å². The van der Waals surface area contributed by atoms with E-state index < -0.39 is 10.0 Å². The zero-order valence-electron chi connectivity index (χ0n) is 19.6. The van der Waals surface area contributed by atoms with E-state index in [1.54, 1.807) is 24.3 Å². The third-order valence-corrected chi connectivity index (χ3v) is 6.94. The van der Waals surface area contributed by atoms with Crippen LogP contribution in [-0.2, 0) is 10.0 Å². The van der Waals surface area contributed by atoms with Gasteiger partial charge in [0, 0.05) is 11.1 Å². The molecule has 0 aliphatic carbocycles. The molecule has 1 N–H and O–H groups in total. The highest BCUT2D eigenvalue weighted by molar-refractivity contribution is 7.89. The predicted octanol–water partition coefficient (Wildman–Crippen LogP) is 5.83. The molecule has 0 unspecified atom stereocenters. The molecule has 4 aromatic carbocycles. The van der Waals surface area contributed by atoms with Crippen LogP contribution in [0.25, 0.3) is 28.2 Å². The van der Waals surface area contributed by atoms with Crippen molar-refractivity contribution in [3.05, 3.63) is 126 Å². The van der Waals surface area contributed by atoms with Crippen molar-refractivity contribution in [2.24, 2.45) is 5.10 Å². The van der Waals surface area contributed by atoms with Gasteiger partial charge in [0.2, 0.25) is 0 Å². The first-order chi connectivity index (χ1) is 17.5. The summed E-state index contributed by atoms with van der Waals surface area (Å²) in [6.07, 6.45) is 1.48. The average molecular weight is 493 g/mol. The number of benzene rings is 4. The Morgan fingerprint density at radius 2 is 1.39 bits per heavy atom. The second kappa shape index (κ2) is 10.0. The quantitative estimate of drug-likeness (QED) is 0.229. The second-order valence-electron chi connectivity index (χ2n) is 8.32. The molecular formula is C29H24N4O2S. The predicted molar refractivity (Wildman–Crippen MR) is 144 cm³/mol. The lowest BCUT2D eigenvalue weighted by atomic mass is 10.1. The molecule has 0 aliphatic rings. The van der Waals surface area contributed by atoms with Gasteiger partial charge in [0.15, 0.2) is 0 Å². The molecule has 1 aromatic heterocycles. The zero-order chi connectivity index (χ0) is 25.0. The summed E-state index contributed by atoms with van der Waals surface area (Å²) in [5.74, 6) is 0. The Morgan fingerprint density at radius 1 is 0.778 bits per heavy atom. The molecule has 7 heteroatoms. The largest absolute Gasteiger partial charge is 0.276 e. The van der Waals surface area contributed by atoms with E-state index in [2.05, 4.69) is 28.1 Å². The fourth-order valence-corrected chi connectivity index (χ4v) is 4.58. The van der Waals surface area contributed by atoms with E-state index in [-0.39, 0.29) is 4.90 Å². The fraction of sp³-hybridized carbons (Fsp3) is 0.0345. The van der Waals surface area contributed by atoms with Crippen LogP contribution in [0, 0.1) is 6.92 Å². The molecule has 0 spiro atoms. The van der Waals surface area contributed by atoms with Crippen molar-refractivity contribution in [2.75, 3.05) is 0 Å². The van der Waals surface area contributed by atoms with Crippen LogP contribution in [0.5, 0.6) is 0 Å². The molecule has 0 atom stereocenters. The van der Waals surface area contributed by atoms with Gasteiger partial charge in [-0.15, -0.1) is 0 Å². The van der Waals surface area contributed by atoms with E-state index in [1.165, 1.54) is 6.21 Å². The topological polar surface area (TPSA) is 76.3 Å². The number of sulfonamides is 1.